The summed E-state index contributed by atoms with van der Waals surface area (Å²) < 4.78 is 5.40. The number of nitrogens with one attached hydrogen (secondary N) is 1. The number of likely N-dealkylation sites (tertiary alicyclic amines) is 1. The van der Waals surface area contributed by atoms with Gasteiger partial charge in [0.05, 0.1) is 13.0 Å². The SMILES string of the molecule is COc1ccccc1CN1CC(C(=O)NCCCN2CCc3ccccc32)CCC1=O. The van der Waals surface area contributed by atoms with Crippen molar-refractivity contribution in [3.63, 3.8) is 0 Å². The fourth-order valence-corrected chi connectivity index (χ4v) is 4.59. The molecule has 2 aliphatic rings. The van der Waals surface area contributed by atoms with Gasteiger partial charge in [0.25, 0.3) is 0 Å². The maximum absolute atomic E-state index is 12.7. The first-order valence-corrected chi connectivity index (χ1v) is 11.2. The Morgan fingerprint density at radius 3 is 2.77 bits per heavy atom. The van der Waals surface area contributed by atoms with Gasteiger partial charge in [0, 0.05) is 50.4 Å². The molecule has 0 saturated carbocycles. The number of ether oxygens (including phenoxy) is 1. The van der Waals surface area contributed by atoms with Crippen molar-refractivity contribution in [1.82, 2.24) is 10.2 Å². The fourth-order valence-electron chi connectivity index (χ4n) is 4.59. The van der Waals surface area contributed by atoms with Gasteiger partial charge in [-0.05, 0) is 37.0 Å². The predicted octanol–water partition coefficient (Wildman–Crippen LogP) is 3.00. The number of hydrogen-bond acceptors (Lipinski definition) is 4. The molecule has 0 bridgehead atoms. The van der Waals surface area contributed by atoms with E-state index >= 15 is 0 Å². The summed E-state index contributed by atoms with van der Waals surface area (Å²) in [5.41, 5.74) is 3.70. The monoisotopic (exact) mass is 421 g/mol. The van der Waals surface area contributed by atoms with E-state index in [0.29, 0.717) is 32.5 Å². The van der Waals surface area contributed by atoms with Crippen LogP contribution in [0, 0.1) is 5.92 Å². The van der Waals surface area contributed by atoms with Crippen LogP contribution in [0.3, 0.4) is 0 Å². The summed E-state index contributed by atoms with van der Waals surface area (Å²) in [6.07, 6.45) is 3.04. The quantitative estimate of drug-likeness (QED) is 0.666. The highest BCUT2D eigenvalue weighted by Crippen LogP contribution is 2.27. The van der Waals surface area contributed by atoms with Gasteiger partial charge in [-0.1, -0.05) is 36.4 Å². The number of methoxy groups -OCH3 is 1. The van der Waals surface area contributed by atoms with Crippen LogP contribution in [-0.4, -0.2) is 50.0 Å². The Bertz CT molecular complexity index is 930. The van der Waals surface area contributed by atoms with Crippen LogP contribution in [0.4, 0.5) is 5.69 Å². The summed E-state index contributed by atoms with van der Waals surface area (Å²) >= 11 is 0. The molecular formula is C25H31N3O3. The van der Waals surface area contributed by atoms with Crippen LogP contribution in [0.25, 0.3) is 0 Å². The molecule has 2 aliphatic heterocycles. The second-order valence-corrected chi connectivity index (χ2v) is 8.33. The van der Waals surface area contributed by atoms with Crippen LogP contribution < -0.4 is 15.0 Å². The van der Waals surface area contributed by atoms with Crippen molar-refractivity contribution in [1.29, 1.82) is 0 Å². The van der Waals surface area contributed by atoms with E-state index in [9.17, 15) is 9.59 Å². The summed E-state index contributed by atoms with van der Waals surface area (Å²) in [6, 6.07) is 16.3. The summed E-state index contributed by atoms with van der Waals surface area (Å²) in [4.78, 5) is 29.3. The minimum absolute atomic E-state index is 0.0550. The molecule has 4 rings (SSSR count). The Labute approximate surface area is 184 Å². The Hall–Kier alpha value is -3.02. The Balaban J connectivity index is 1.24. The lowest BCUT2D eigenvalue weighted by atomic mass is 9.96. The third-order valence-corrected chi connectivity index (χ3v) is 6.31. The van der Waals surface area contributed by atoms with Crippen molar-refractivity contribution in [2.45, 2.75) is 32.2 Å². The third kappa shape index (κ3) is 5.01. The summed E-state index contributed by atoms with van der Waals surface area (Å²) in [5.74, 6) is 0.771. The molecule has 2 aromatic carbocycles. The van der Waals surface area contributed by atoms with Crippen LogP contribution >= 0.6 is 0 Å². The number of piperidine rings is 1. The minimum atomic E-state index is -0.153. The van der Waals surface area contributed by atoms with Crippen molar-refractivity contribution < 1.29 is 14.3 Å². The van der Waals surface area contributed by atoms with Crippen molar-refractivity contribution in [3.05, 3.63) is 59.7 Å². The maximum Gasteiger partial charge on any atom is 0.224 e. The highest BCUT2D eigenvalue weighted by molar-refractivity contribution is 5.83. The standard InChI is InChI=1S/C25H31N3O3/c1-31-23-10-5-3-8-20(23)17-28-18-21(11-12-24(28)29)25(30)26-14-6-15-27-16-13-19-7-2-4-9-22(19)27/h2-5,7-10,21H,6,11-18H2,1H3,(H,26,30). The van der Waals surface area contributed by atoms with Gasteiger partial charge in [-0.3, -0.25) is 9.59 Å². The van der Waals surface area contributed by atoms with Crippen molar-refractivity contribution in [3.8, 4) is 5.75 Å². The molecule has 1 saturated heterocycles. The van der Waals surface area contributed by atoms with E-state index in [2.05, 4.69) is 34.5 Å². The fraction of sp³-hybridized carbons (Fsp3) is 0.440. The van der Waals surface area contributed by atoms with Crippen LogP contribution in [0.2, 0.25) is 0 Å². The summed E-state index contributed by atoms with van der Waals surface area (Å²) in [6.45, 7) is 3.59. The molecule has 31 heavy (non-hydrogen) atoms. The number of rotatable bonds is 8. The van der Waals surface area contributed by atoms with Gasteiger partial charge in [-0.15, -0.1) is 0 Å². The molecule has 1 unspecified atom stereocenters. The zero-order valence-electron chi connectivity index (χ0n) is 18.2. The Kier molecular flexibility index (Phi) is 6.75. The molecule has 164 valence electrons. The van der Waals surface area contributed by atoms with E-state index in [4.69, 9.17) is 4.74 Å². The number of anilines is 1. The number of benzene rings is 2. The molecule has 2 aromatic rings. The molecule has 1 fully saturated rings. The van der Waals surface area contributed by atoms with Gasteiger partial charge in [-0.25, -0.2) is 0 Å². The van der Waals surface area contributed by atoms with E-state index in [1.807, 2.05) is 24.3 Å². The van der Waals surface area contributed by atoms with Crippen molar-refractivity contribution >= 4 is 17.5 Å². The van der Waals surface area contributed by atoms with Gasteiger partial charge in [-0.2, -0.15) is 0 Å². The maximum atomic E-state index is 12.7. The first-order valence-electron chi connectivity index (χ1n) is 11.2. The molecule has 6 nitrogen and oxygen atoms in total. The van der Waals surface area contributed by atoms with Crippen LogP contribution in [0.15, 0.2) is 48.5 Å². The number of nitrogens with zero attached hydrogens (tertiary/aromatic N) is 2. The topological polar surface area (TPSA) is 61.9 Å². The predicted molar refractivity (Wildman–Crippen MR) is 121 cm³/mol. The van der Waals surface area contributed by atoms with Crippen LogP contribution in [0.5, 0.6) is 5.75 Å². The first-order chi connectivity index (χ1) is 15.2. The molecule has 0 radical (unpaired) electrons. The van der Waals surface area contributed by atoms with Gasteiger partial charge >= 0.3 is 0 Å². The zero-order valence-corrected chi connectivity index (χ0v) is 18.2. The number of fused-ring (bicyclic) bond motifs is 1. The number of hydrogen-bond donors (Lipinski definition) is 1. The smallest absolute Gasteiger partial charge is 0.224 e. The average Bonchev–Trinajstić information content (AvgIpc) is 3.21. The second kappa shape index (κ2) is 9.86. The van der Waals surface area contributed by atoms with Crippen molar-refractivity contribution in [2.75, 3.05) is 38.2 Å². The van der Waals surface area contributed by atoms with E-state index < -0.39 is 0 Å². The lowest BCUT2D eigenvalue weighted by Gasteiger charge is -2.32. The summed E-state index contributed by atoms with van der Waals surface area (Å²) in [7, 11) is 1.63. The number of amides is 2. The van der Waals surface area contributed by atoms with Gasteiger partial charge < -0.3 is 19.9 Å². The van der Waals surface area contributed by atoms with Crippen molar-refractivity contribution in [2.24, 2.45) is 5.92 Å². The average molecular weight is 422 g/mol. The number of carbonyl (C=O) groups excluding carboxylic acids is 2. The van der Waals surface area contributed by atoms with E-state index in [0.717, 1.165) is 37.2 Å². The molecular weight excluding hydrogens is 390 g/mol. The molecule has 2 amide bonds. The Morgan fingerprint density at radius 2 is 1.90 bits per heavy atom. The summed E-state index contributed by atoms with van der Waals surface area (Å²) in [5, 5.41) is 3.09. The molecule has 0 spiro atoms. The molecule has 1 N–H and O–H groups in total. The molecule has 2 heterocycles. The second-order valence-electron chi connectivity index (χ2n) is 8.33. The molecule has 1 atom stereocenters. The van der Waals surface area contributed by atoms with E-state index in [1.165, 1.54) is 11.3 Å². The molecule has 0 aliphatic carbocycles. The first kappa shape index (κ1) is 21.2. The third-order valence-electron chi connectivity index (χ3n) is 6.31. The van der Waals surface area contributed by atoms with Crippen LogP contribution in [0.1, 0.15) is 30.4 Å². The largest absolute Gasteiger partial charge is 0.496 e. The molecule has 0 aromatic heterocycles. The van der Waals surface area contributed by atoms with Crippen LogP contribution in [-0.2, 0) is 22.6 Å². The van der Waals surface area contributed by atoms with Gasteiger partial charge in [0.2, 0.25) is 11.8 Å². The Morgan fingerprint density at radius 1 is 1.10 bits per heavy atom. The van der Waals surface area contributed by atoms with E-state index in [1.54, 1.807) is 12.0 Å². The normalized spacial score (nSPS) is 18.1. The number of para-hydroxylation sites is 2. The highest BCUT2D eigenvalue weighted by Gasteiger charge is 2.30. The zero-order chi connectivity index (χ0) is 21.6. The molecule has 6 heteroatoms. The highest BCUT2D eigenvalue weighted by atomic mass is 16.5. The van der Waals surface area contributed by atoms with E-state index in [-0.39, 0.29) is 17.7 Å². The minimum Gasteiger partial charge on any atom is -0.496 e. The van der Waals surface area contributed by atoms with Gasteiger partial charge in [0.15, 0.2) is 0 Å². The lowest BCUT2D eigenvalue weighted by Crippen LogP contribution is -2.45. The lowest BCUT2D eigenvalue weighted by molar-refractivity contribution is -0.138. The van der Waals surface area contributed by atoms with Gasteiger partial charge in [0.1, 0.15) is 5.75 Å². The number of carbonyl (C=O) groups is 2.